The van der Waals surface area contributed by atoms with Crippen LogP contribution in [-0.2, 0) is 9.53 Å². The third-order valence-electron chi connectivity index (χ3n) is 4.15. The lowest BCUT2D eigenvalue weighted by Gasteiger charge is -2.25. The van der Waals surface area contributed by atoms with E-state index in [0.717, 1.165) is 25.7 Å². The summed E-state index contributed by atoms with van der Waals surface area (Å²) in [6.07, 6.45) is 8.84. The molecule has 0 unspecified atom stereocenters. The Balaban J connectivity index is 1.74. The van der Waals surface area contributed by atoms with Gasteiger partial charge in [0.1, 0.15) is 0 Å². The number of amides is 1. The van der Waals surface area contributed by atoms with Crippen molar-refractivity contribution in [3.05, 3.63) is 54.2 Å². The van der Waals surface area contributed by atoms with Gasteiger partial charge in [-0.2, -0.15) is 0 Å². The lowest BCUT2D eigenvalue weighted by molar-refractivity contribution is -0.131. The van der Waals surface area contributed by atoms with Crippen molar-refractivity contribution < 1.29 is 18.7 Å². The zero-order valence-corrected chi connectivity index (χ0v) is 13.3. The van der Waals surface area contributed by atoms with Gasteiger partial charge >= 0.3 is 5.97 Å². The number of carbonyl (C=O) groups excluding carboxylic acids is 2. The molecule has 0 spiro atoms. The molecule has 24 heavy (non-hydrogen) atoms. The largest absolute Gasteiger partial charge is 0.457 e. The lowest BCUT2D eigenvalue weighted by Crippen LogP contribution is -2.40. The highest BCUT2D eigenvalue weighted by Gasteiger charge is 2.28. The highest BCUT2D eigenvalue weighted by molar-refractivity contribution is 5.90. The summed E-state index contributed by atoms with van der Waals surface area (Å²) in [4.78, 5) is 28.8. The molecule has 1 saturated carbocycles. The number of hydrogen-bond donors (Lipinski definition) is 1. The Hall–Kier alpha value is -2.63. The van der Waals surface area contributed by atoms with Gasteiger partial charge in [-0.05, 0) is 37.1 Å². The van der Waals surface area contributed by atoms with E-state index < -0.39 is 12.1 Å². The van der Waals surface area contributed by atoms with Crippen LogP contribution in [0.25, 0.3) is 0 Å². The standard InChI is InChI=1S/C18H20N2O4/c21-17(20-14-5-2-1-3-6-14)16(13-8-10-19-11-9-13)24-18(22)15-7-4-12-23-15/h4,7-12,14,16H,1-3,5-6H2,(H,20,21)/t16-/m1/s1. The van der Waals surface area contributed by atoms with Gasteiger partial charge < -0.3 is 14.5 Å². The number of nitrogens with one attached hydrogen (secondary N) is 1. The van der Waals surface area contributed by atoms with Crippen LogP contribution >= 0.6 is 0 Å². The summed E-state index contributed by atoms with van der Waals surface area (Å²) in [6, 6.07) is 6.57. The molecular formula is C18H20N2O4. The summed E-state index contributed by atoms with van der Waals surface area (Å²) >= 11 is 0. The van der Waals surface area contributed by atoms with E-state index >= 15 is 0 Å². The molecule has 6 nitrogen and oxygen atoms in total. The minimum Gasteiger partial charge on any atom is -0.457 e. The summed E-state index contributed by atoms with van der Waals surface area (Å²) in [6.45, 7) is 0. The third kappa shape index (κ3) is 4.01. The van der Waals surface area contributed by atoms with Crippen molar-refractivity contribution in [2.75, 3.05) is 0 Å². The molecule has 1 aliphatic rings. The van der Waals surface area contributed by atoms with Gasteiger partial charge in [-0.15, -0.1) is 0 Å². The maximum absolute atomic E-state index is 12.7. The minimum atomic E-state index is -1.02. The number of esters is 1. The molecule has 1 fully saturated rings. The van der Waals surface area contributed by atoms with Crippen LogP contribution < -0.4 is 5.32 Å². The Labute approximate surface area is 140 Å². The summed E-state index contributed by atoms with van der Waals surface area (Å²) in [5, 5.41) is 3.00. The van der Waals surface area contributed by atoms with E-state index in [1.165, 1.54) is 18.8 Å². The van der Waals surface area contributed by atoms with Crippen LogP contribution in [0.15, 0.2) is 47.3 Å². The van der Waals surface area contributed by atoms with Crippen molar-refractivity contribution in [3.8, 4) is 0 Å². The Kier molecular flexibility index (Phi) is 5.25. The molecule has 0 aliphatic heterocycles. The second-order valence-corrected chi connectivity index (χ2v) is 5.89. The maximum Gasteiger partial charge on any atom is 0.375 e. The summed E-state index contributed by atoms with van der Waals surface area (Å²) < 4.78 is 10.5. The highest BCUT2D eigenvalue weighted by Crippen LogP contribution is 2.22. The van der Waals surface area contributed by atoms with Gasteiger partial charge in [-0.3, -0.25) is 9.78 Å². The predicted molar refractivity (Wildman–Crippen MR) is 86.1 cm³/mol. The van der Waals surface area contributed by atoms with E-state index in [4.69, 9.17) is 9.15 Å². The molecule has 1 aliphatic carbocycles. The molecule has 0 radical (unpaired) electrons. The fraction of sp³-hybridized carbons (Fsp3) is 0.389. The second kappa shape index (κ2) is 7.77. The van der Waals surface area contributed by atoms with Crippen molar-refractivity contribution in [2.45, 2.75) is 44.2 Å². The quantitative estimate of drug-likeness (QED) is 0.853. The van der Waals surface area contributed by atoms with Gasteiger partial charge in [0.15, 0.2) is 0 Å². The third-order valence-corrected chi connectivity index (χ3v) is 4.15. The Morgan fingerprint density at radius 1 is 1.17 bits per heavy atom. The monoisotopic (exact) mass is 328 g/mol. The average Bonchev–Trinajstić information content (AvgIpc) is 3.16. The van der Waals surface area contributed by atoms with Crippen LogP contribution in [0.5, 0.6) is 0 Å². The maximum atomic E-state index is 12.7. The normalized spacial score (nSPS) is 16.3. The van der Waals surface area contributed by atoms with Crippen molar-refractivity contribution in [1.82, 2.24) is 10.3 Å². The van der Waals surface area contributed by atoms with Crippen molar-refractivity contribution in [2.24, 2.45) is 0 Å². The summed E-state index contributed by atoms with van der Waals surface area (Å²) in [7, 11) is 0. The van der Waals surface area contributed by atoms with Crippen LogP contribution in [-0.4, -0.2) is 22.9 Å². The number of nitrogens with zero attached hydrogens (tertiary/aromatic N) is 1. The fourth-order valence-electron chi connectivity index (χ4n) is 2.89. The van der Waals surface area contributed by atoms with Gasteiger partial charge in [0, 0.05) is 24.0 Å². The van der Waals surface area contributed by atoms with Crippen molar-refractivity contribution in [3.63, 3.8) is 0 Å². The zero-order valence-electron chi connectivity index (χ0n) is 13.3. The van der Waals surface area contributed by atoms with E-state index in [0.29, 0.717) is 5.56 Å². The van der Waals surface area contributed by atoms with Gasteiger partial charge in [0.25, 0.3) is 5.91 Å². The number of furan rings is 1. The van der Waals surface area contributed by atoms with Crippen LogP contribution in [0.2, 0.25) is 0 Å². The number of pyridine rings is 1. The molecule has 126 valence electrons. The molecular weight excluding hydrogens is 308 g/mol. The number of rotatable bonds is 5. The Morgan fingerprint density at radius 3 is 2.58 bits per heavy atom. The molecule has 3 rings (SSSR count). The topological polar surface area (TPSA) is 81.4 Å². The first-order chi connectivity index (χ1) is 11.7. The second-order valence-electron chi connectivity index (χ2n) is 5.89. The smallest absolute Gasteiger partial charge is 0.375 e. The van der Waals surface area contributed by atoms with Gasteiger partial charge in [0.05, 0.1) is 6.26 Å². The SMILES string of the molecule is O=C(O[C@@H](C(=O)NC1CCCCC1)c1ccncc1)c1ccco1. The summed E-state index contributed by atoms with van der Waals surface area (Å²) in [5.41, 5.74) is 0.582. The molecule has 2 aromatic rings. The Bertz CT molecular complexity index is 664. The van der Waals surface area contributed by atoms with Gasteiger partial charge in [-0.1, -0.05) is 19.3 Å². The predicted octanol–water partition coefficient (Wildman–Crippen LogP) is 3.02. The molecule has 2 heterocycles. The van der Waals surface area contributed by atoms with Crippen LogP contribution in [0.4, 0.5) is 0 Å². The van der Waals surface area contributed by atoms with Crippen LogP contribution in [0.3, 0.4) is 0 Å². The number of aromatic nitrogens is 1. The van der Waals surface area contributed by atoms with Crippen LogP contribution in [0.1, 0.15) is 54.3 Å². The Morgan fingerprint density at radius 2 is 1.92 bits per heavy atom. The molecule has 1 atom stereocenters. The molecule has 0 saturated heterocycles. The van der Waals surface area contributed by atoms with Gasteiger partial charge in [-0.25, -0.2) is 4.79 Å². The molecule has 0 bridgehead atoms. The van der Waals surface area contributed by atoms with E-state index in [2.05, 4.69) is 10.3 Å². The van der Waals surface area contributed by atoms with Gasteiger partial charge in [0.2, 0.25) is 11.9 Å². The molecule has 2 aromatic heterocycles. The highest BCUT2D eigenvalue weighted by atomic mass is 16.6. The first-order valence-corrected chi connectivity index (χ1v) is 8.19. The number of ether oxygens (including phenoxy) is 1. The molecule has 0 aromatic carbocycles. The first kappa shape index (κ1) is 16.2. The number of carbonyl (C=O) groups is 2. The van der Waals surface area contributed by atoms with Crippen molar-refractivity contribution >= 4 is 11.9 Å². The average molecular weight is 328 g/mol. The first-order valence-electron chi connectivity index (χ1n) is 8.19. The van der Waals surface area contributed by atoms with Crippen molar-refractivity contribution in [1.29, 1.82) is 0 Å². The lowest BCUT2D eigenvalue weighted by atomic mass is 9.95. The summed E-state index contributed by atoms with van der Waals surface area (Å²) in [5.74, 6) is -0.909. The van der Waals surface area contributed by atoms with E-state index in [1.54, 1.807) is 30.6 Å². The molecule has 1 amide bonds. The van der Waals surface area contributed by atoms with E-state index in [1.807, 2.05) is 0 Å². The zero-order chi connectivity index (χ0) is 16.8. The van der Waals surface area contributed by atoms with Crippen LogP contribution in [0, 0.1) is 0 Å². The number of hydrogen-bond acceptors (Lipinski definition) is 5. The molecule has 6 heteroatoms. The van der Waals surface area contributed by atoms with E-state index in [9.17, 15) is 9.59 Å². The fourth-order valence-corrected chi connectivity index (χ4v) is 2.89. The minimum absolute atomic E-state index is 0.0690. The molecule has 1 N–H and O–H groups in total. The van der Waals surface area contributed by atoms with E-state index in [-0.39, 0.29) is 17.7 Å².